The molecule has 1 heterocycles. The van der Waals surface area contributed by atoms with E-state index in [4.69, 9.17) is 0 Å². The van der Waals surface area contributed by atoms with Crippen LogP contribution in [0.15, 0.2) is 0 Å². The molecule has 1 amide bonds. The topological polar surface area (TPSA) is 43.8 Å². The third-order valence-electron chi connectivity index (χ3n) is 4.83. The molecular formula is C17H32N2O2. The van der Waals surface area contributed by atoms with Gasteiger partial charge in [0.1, 0.15) is 0 Å². The number of hydrogen-bond donors (Lipinski definition) is 1. The fourth-order valence-electron chi connectivity index (χ4n) is 3.66. The van der Waals surface area contributed by atoms with Crippen molar-refractivity contribution in [2.75, 3.05) is 32.7 Å². The van der Waals surface area contributed by atoms with Crippen molar-refractivity contribution in [3.63, 3.8) is 0 Å². The lowest BCUT2D eigenvalue weighted by molar-refractivity contribution is -0.133. The molecule has 2 rings (SSSR count). The predicted molar refractivity (Wildman–Crippen MR) is 85.1 cm³/mol. The van der Waals surface area contributed by atoms with Gasteiger partial charge < -0.3 is 10.0 Å². The lowest BCUT2D eigenvalue weighted by Gasteiger charge is -2.37. The number of hydrogen-bond acceptors (Lipinski definition) is 3. The summed E-state index contributed by atoms with van der Waals surface area (Å²) in [4.78, 5) is 16.6. The Morgan fingerprint density at radius 3 is 2.29 bits per heavy atom. The normalized spacial score (nSPS) is 22.5. The molecular weight excluding hydrogens is 264 g/mol. The molecule has 0 unspecified atom stereocenters. The minimum absolute atomic E-state index is 0.337. The Balaban J connectivity index is 1.65. The lowest BCUT2D eigenvalue weighted by Crippen LogP contribution is -2.52. The highest BCUT2D eigenvalue weighted by Gasteiger charge is 2.25. The third kappa shape index (κ3) is 5.95. The number of amides is 1. The monoisotopic (exact) mass is 296 g/mol. The van der Waals surface area contributed by atoms with Crippen LogP contribution >= 0.6 is 0 Å². The molecule has 21 heavy (non-hydrogen) atoms. The molecule has 0 radical (unpaired) electrons. The summed E-state index contributed by atoms with van der Waals surface area (Å²) in [6.45, 7) is 7.79. The van der Waals surface area contributed by atoms with Gasteiger partial charge in [-0.2, -0.15) is 0 Å². The number of carbonyl (C=O) groups excluding carboxylic acids is 1. The van der Waals surface area contributed by atoms with Crippen molar-refractivity contribution in [1.29, 1.82) is 0 Å². The summed E-state index contributed by atoms with van der Waals surface area (Å²) < 4.78 is 0. The van der Waals surface area contributed by atoms with Crippen molar-refractivity contribution >= 4 is 5.91 Å². The first-order valence-electron chi connectivity index (χ1n) is 8.66. The van der Waals surface area contributed by atoms with Crippen LogP contribution in [-0.4, -0.2) is 59.1 Å². The van der Waals surface area contributed by atoms with Gasteiger partial charge in [0, 0.05) is 39.1 Å². The number of carbonyl (C=O) groups is 1. The van der Waals surface area contributed by atoms with Crippen molar-refractivity contribution in [1.82, 2.24) is 9.80 Å². The van der Waals surface area contributed by atoms with Gasteiger partial charge in [0.15, 0.2) is 0 Å². The first-order valence-corrected chi connectivity index (χ1v) is 8.66. The van der Waals surface area contributed by atoms with Gasteiger partial charge >= 0.3 is 0 Å². The first kappa shape index (κ1) is 16.8. The molecule has 0 bridgehead atoms. The Morgan fingerprint density at radius 2 is 1.71 bits per heavy atom. The average Bonchev–Trinajstić information content (AvgIpc) is 2.45. The largest absolute Gasteiger partial charge is 0.389 e. The van der Waals surface area contributed by atoms with Crippen LogP contribution in [0.25, 0.3) is 0 Å². The van der Waals surface area contributed by atoms with E-state index >= 15 is 0 Å². The fraction of sp³-hybridized carbons (Fsp3) is 0.941. The van der Waals surface area contributed by atoms with E-state index in [1.807, 2.05) is 18.7 Å². The molecule has 0 aromatic carbocycles. The number of rotatable bonds is 5. The fourth-order valence-corrected chi connectivity index (χ4v) is 3.66. The summed E-state index contributed by atoms with van der Waals surface area (Å²) in [7, 11) is 0. The molecule has 2 fully saturated rings. The van der Waals surface area contributed by atoms with Gasteiger partial charge in [-0.05, 0) is 26.2 Å². The van der Waals surface area contributed by atoms with Gasteiger partial charge in [0.05, 0.1) is 5.60 Å². The minimum atomic E-state index is -0.646. The lowest BCUT2D eigenvalue weighted by atomic mass is 9.86. The minimum Gasteiger partial charge on any atom is -0.389 e. The molecule has 0 spiro atoms. The molecule has 4 heteroatoms. The maximum atomic E-state index is 12.3. The molecule has 1 aliphatic heterocycles. The van der Waals surface area contributed by atoms with Crippen LogP contribution in [0, 0.1) is 5.92 Å². The van der Waals surface area contributed by atoms with Crippen LogP contribution < -0.4 is 0 Å². The average molecular weight is 296 g/mol. The molecule has 0 aromatic rings. The van der Waals surface area contributed by atoms with Crippen LogP contribution in [0.4, 0.5) is 0 Å². The molecule has 0 atom stereocenters. The van der Waals surface area contributed by atoms with E-state index in [1.165, 1.54) is 32.1 Å². The van der Waals surface area contributed by atoms with Gasteiger partial charge in [-0.25, -0.2) is 0 Å². The Hall–Kier alpha value is -0.610. The van der Waals surface area contributed by atoms with E-state index in [0.717, 1.165) is 44.9 Å². The number of aliphatic hydroxyl groups is 1. The van der Waals surface area contributed by atoms with E-state index in [0.29, 0.717) is 12.5 Å². The molecule has 2 aliphatic rings. The second kappa shape index (κ2) is 7.59. The predicted octanol–water partition coefficient (Wildman–Crippen LogP) is 2.26. The van der Waals surface area contributed by atoms with E-state index in [2.05, 4.69) is 4.90 Å². The van der Waals surface area contributed by atoms with Crippen molar-refractivity contribution < 1.29 is 9.90 Å². The zero-order valence-corrected chi connectivity index (χ0v) is 13.8. The van der Waals surface area contributed by atoms with E-state index in [-0.39, 0.29) is 0 Å². The highest BCUT2D eigenvalue weighted by Crippen LogP contribution is 2.27. The molecule has 4 nitrogen and oxygen atoms in total. The quantitative estimate of drug-likeness (QED) is 0.846. The summed E-state index contributed by atoms with van der Waals surface area (Å²) in [6, 6.07) is 0. The van der Waals surface area contributed by atoms with Crippen molar-refractivity contribution in [3.8, 4) is 0 Å². The van der Waals surface area contributed by atoms with Crippen LogP contribution in [0.2, 0.25) is 0 Å². The van der Waals surface area contributed by atoms with E-state index in [1.54, 1.807) is 0 Å². The second-order valence-corrected chi connectivity index (χ2v) is 7.51. The van der Waals surface area contributed by atoms with Gasteiger partial charge in [-0.1, -0.05) is 32.1 Å². The molecule has 1 saturated carbocycles. The third-order valence-corrected chi connectivity index (χ3v) is 4.83. The summed E-state index contributed by atoms with van der Waals surface area (Å²) in [5.74, 6) is 1.13. The van der Waals surface area contributed by atoms with Crippen LogP contribution in [0.1, 0.15) is 58.8 Å². The smallest absolute Gasteiger partial charge is 0.222 e. The Bertz CT molecular complexity index is 324. The number of nitrogens with zero attached hydrogens (tertiary/aromatic N) is 2. The number of β-amino-alcohol motifs (C(OH)–C–C–N with tert-alkyl or cyclic N) is 1. The highest BCUT2D eigenvalue weighted by atomic mass is 16.3. The van der Waals surface area contributed by atoms with Crippen molar-refractivity contribution in [3.05, 3.63) is 0 Å². The Kier molecular flexibility index (Phi) is 6.06. The first-order chi connectivity index (χ1) is 9.94. The zero-order valence-electron chi connectivity index (χ0n) is 13.8. The van der Waals surface area contributed by atoms with Crippen LogP contribution in [0.3, 0.4) is 0 Å². The van der Waals surface area contributed by atoms with Gasteiger partial charge in [0.2, 0.25) is 5.91 Å². The van der Waals surface area contributed by atoms with Gasteiger partial charge in [-0.3, -0.25) is 9.69 Å². The SMILES string of the molecule is CC(C)(O)CN1CCN(C(=O)CCC2CCCCC2)CC1. The van der Waals surface area contributed by atoms with Crippen LogP contribution in [0.5, 0.6) is 0 Å². The van der Waals surface area contributed by atoms with Crippen LogP contribution in [-0.2, 0) is 4.79 Å². The Morgan fingerprint density at radius 1 is 1.10 bits per heavy atom. The number of piperazine rings is 1. The maximum absolute atomic E-state index is 12.3. The molecule has 122 valence electrons. The van der Waals surface area contributed by atoms with Crippen molar-refractivity contribution in [2.45, 2.75) is 64.4 Å². The standard InChI is InChI=1S/C17H32N2O2/c1-17(2,21)14-18-10-12-19(13-11-18)16(20)9-8-15-6-4-3-5-7-15/h15,21H,3-14H2,1-2H3. The van der Waals surface area contributed by atoms with Crippen molar-refractivity contribution in [2.24, 2.45) is 5.92 Å². The summed E-state index contributed by atoms with van der Waals surface area (Å²) in [5, 5.41) is 9.85. The maximum Gasteiger partial charge on any atom is 0.222 e. The molecule has 1 aliphatic carbocycles. The van der Waals surface area contributed by atoms with E-state index in [9.17, 15) is 9.90 Å². The molecule has 1 N–H and O–H groups in total. The summed E-state index contributed by atoms with van der Waals surface area (Å²) in [5.41, 5.74) is -0.646. The molecule has 0 aromatic heterocycles. The highest BCUT2D eigenvalue weighted by molar-refractivity contribution is 5.76. The Labute approximate surface area is 129 Å². The molecule has 1 saturated heterocycles. The summed E-state index contributed by atoms with van der Waals surface area (Å²) in [6.07, 6.45) is 8.56. The van der Waals surface area contributed by atoms with Gasteiger partial charge in [0.25, 0.3) is 0 Å². The summed E-state index contributed by atoms with van der Waals surface area (Å²) >= 11 is 0. The van der Waals surface area contributed by atoms with Gasteiger partial charge in [-0.15, -0.1) is 0 Å². The second-order valence-electron chi connectivity index (χ2n) is 7.51. The zero-order chi connectivity index (χ0) is 15.3. The van der Waals surface area contributed by atoms with E-state index < -0.39 is 5.60 Å².